The topological polar surface area (TPSA) is 55.3 Å². The van der Waals surface area contributed by atoms with E-state index in [1.807, 2.05) is 11.8 Å². The second kappa shape index (κ2) is 7.82. The number of nitrogens with zero attached hydrogens (tertiary/aromatic N) is 3. The molecule has 0 radical (unpaired) electrons. The fourth-order valence-electron chi connectivity index (χ4n) is 4.04. The number of hydrogen-bond acceptors (Lipinski definition) is 5. The maximum absolute atomic E-state index is 13.0. The number of aromatic nitrogens is 2. The van der Waals surface area contributed by atoms with Gasteiger partial charge in [0.2, 0.25) is 5.91 Å². The van der Waals surface area contributed by atoms with Gasteiger partial charge < -0.3 is 9.64 Å². The summed E-state index contributed by atoms with van der Waals surface area (Å²) in [7, 11) is 0. The van der Waals surface area contributed by atoms with E-state index in [0.29, 0.717) is 0 Å². The SMILES string of the molecule is CCCC(C)Oc1c(-c2nnc(C)s2)ccc2c1CCC(C)N2C(=O)C1CC1. The largest absolute Gasteiger partial charge is 0.490 e. The van der Waals surface area contributed by atoms with Crippen LogP contribution in [0.3, 0.4) is 0 Å². The molecular formula is C22H29N3O2S. The predicted octanol–water partition coefficient (Wildman–Crippen LogP) is 5.16. The molecule has 0 bridgehead atoms. The minimum absolute atomic E-state index is 0.121. The Bertz CT molecular complexity index is 875. The Morgan fingerprint density at radius 1 is 1.32 bits per heavy atom. The summed E-state index contributed by atoms with van der Waals surface area (Å²) in [4.78, 5) is 15.0. The Hall–Kier alpha value is -1.95. The molecule has 28 heavy (non-hydrogen) atoms. The van der Waals surface area contributed by atoms with E-state index in [9.17, 15) is 4.79 Å². The van der Waals surface area contributed by atoms with Crippen molar-refractivity contribution < 1.29 is 9.53 Å². The predicted molar refractivity (Wildman–Crippen MR) is 113 cm³/mol. The van der Waals surface area contributed by atoms with E-state index in [0.717, 1.165) is 71.1 Å². The number of aryl methyl sites for hydroxylation is 1. The number of amides is 1. The van der Waals surface area contributed by atoms with Gasteiger partial charge in [0.25, 0.3) is 0 Å². The zero-order valence-electron chi connectivity index (χ0n) is 17.2. The van der Waals surface area contributed by atoms with Crippen molar-refractivity contribution in [1.29, 1.82) is 0 Å². The molecular weight excluding hydrogens is 370 g/mol. The number of benzene rings is 1. The molecule has 4 rings (SSSR count). The van der Waals surface area contributed by atoms with Gasteiger partial charge in [-0.25, -0.2) is 0 Å². The van der Waals surface area contributed by atoms with Crippen LogP contribution in [0.15, 0.2) is 12.1 Å². The van der Waals surface area contributed by atoms with Gasteiger partial charge in [0.1, 0.15) is 10.8 Å². The lowest BCUT2D eigenvalue weighted by molar-refractivity contribution is -0.120. The van der Waals surface area contributed by atoms with Crippen molar-refractivity contribution in [1.82, 2.24) is 10.2 Å². The van der Waals surface area contributed by atoms with E-state index >= 15 is 0 Å². The van der Waals surface area contributed by atoms with Gasteiger partial charge >= 0.3 is 0 Å². The van der Waals surface area contributed by atoms with Crippen molar-refractivity contribution in [2.24, 2.45) is 5.92 Å². The van der Waals surface area contributed by atoms with Crippen LogP contribution in [-0.2, 0) is 11.2 Å². The Morgan fingerprint density at radius 3 is 2.75 bits per heavy atom. The normalized spacial score (nSPS) is 20.0. The van der Waals surface area contributed by atoms with Crippen LogP contribution in [0.25, 0.3) is 10.6 Å². The fraction of sp³-hybridized carbons (Fsp3) is 0.591. The summed E-state index contributed by atoms with van der Waals surface area (Å²) in [5.74, 6) is 1.39. The lowest BCUT2D eigenvalue weighted by atomic mass is 9.93. The third-order valence-electron chi connectivity index (χ3n) is 5.68. The highest BCUT2D eigenvalue weighted by Gasteiger charge is 2.39. The molecule has 0 spiro atoms. The van der Waals surface area contributed by atoms with Crippen molar-refractivity contribution >= 4 is 22.9 Å². The van der Waals surface area contributed by atoms with Gasteiger partial charge in [0.15, 0.2) is 5.01 Å². The number of ether oxygens (including phenoxy) is 1. The van der Waals surface area contributed by atoms with Crippen LogP contribution < -0.4 is 9.64 Å². The second-order valence-electron chi connectivity index (χ2n) is 8.15. The molecule has 2 unspecified atom stereocenters. The second-order valence-corrected chi connectivity index (χ2v) is 9.34. The average molecular weight is 400 g/mol. The maximum Gasteiger partial charge on any atom is 0.230 e. The molecule has 6 heteroatoms. The third kappa shape index (κ3) is 3.66. The van der Waals surface area contributed by atoms with Crippen molar-refractivity contribution in [2.75, 3.05) is 4.90 Å². The molecule has 1 aromatic carbocycles. The summed E-state index contributed by atoms with van der Waals surface area (Å²) >= 11 is 1.59. The maximum atomic E-state index is 13.0. The number of carbonyl (C=O) groups is 1. The van der Waals surface area contributed by atoms with Crippen LogP contribution >= 0.6 is 11.3 Å². The van der Waals surface area contributed by atoms with Gasteiger partial charge in [0.05, 0.1) is 17.4 Å². The van der Waals surface area contributed by atoms with Crippen molar-refractivity contribution in [3.05, 3.63) is 22.7 Å². The monoisotopic (exact) mass is 399 g/mol. The highest BCUT2D eigenvalue weighted by atomic mass is 32.1. The molecule has 2 aliphatic rings. The van der Waals surface area contributed by atoms with Gasteiger partial charge in [-0.1, -0.05) is 24.7 Å². The number of anilines is 1. The standard InChI is InChI=1S/C22H29N3O2S/c1-5-6-14(3)27-20-17-10-7-13(2)25(22(26)16-8-9-16)19(17)12-11-18(20)21-24-23-15(4)28-21/h11-14,16H,5-10H2,1-4H3. The molecule has 1 aromatic heterocycles. The summed E-state index contributed by atoms with van der Waals surface area (Å²) in [6.07, 6.45) is 6.13. The van der Waals surface area contributed by atoms with Gasteiger partial charge in [-0.15, -0.1) is 10.2 Å². The van der Waals surface area contributed by atoms with Crippen LogP contribution in [0.4, 0.5) is 5.69 Å². The van der Waals surface area contributed by atoms with Gasteiger partial charge in [0, 0.05) is 17.5 Å². The van der Waals surface area contributed by atoms with Crippen LogP contribution in [0.2, 0.25) is 0 Å². The highest BCUT2D eigenvalue weighted by molar-refractivity contribution is 7.14. The van der Waals surface area contributed by atoms with E-state index in [4.69, 9.17) is 4.74 Å². The molecule has 1 aliphatic heterocycles. The Labute approximate surface area is 171 Å². The minimum atomic E-state index is 0.121. The molecule has 1 saturated carbocycles. The van der Waals surface area contributed by atoms with E-state index < -0.39 is 0 Å². The van der Waals surface area contributed by atoms with E-state index in [2.05, 4.69) is 43.1 Å². The molecule has 5 nitrogen and oxygen atoms in total. The zero-order valence-corrected chi connectivity index (χ0v) is 18.0. The molecule has 150 valence electrons. The summed E-state index contributed by atoms with van der Waals surface area (Å²) in [5, 5.41) is 10.4. The van der Waals surface area contributed by atoms with Gasteiger partial charge in [-0.05, 0) is 65.0 Å². The smallest absolute Gasteiger partial charge is 0.230 e. The first kappa shape index (κ1) is 19.4. The lowest BCUT2D eigenvalue weighted by Gasteiger charge is -2.37. The van der Waals surface area contributed by atoms with Crippen LogP contribution in [0.1, 0.15) is 63.4 Å². The third-order valence-corrected chi connectivity index (χ3v) is 6.55. The summed E-state index contributed by atoms with van der Waals surface area (Å²) < 4.78 is 6.49. The Kier molecular flexibility index (Phi) is 5.41. The summed E-state index contributed by atoms with van der Waals surface area (Å²) in [5.41, 5.74) is 3.18. The van der Waals surface area contributed by atoms with Crippen molar-refractivity contribution in [3.8, 4) is 16.3 Å². The molecule has 1 amide bonds. The first-order valence-corrected chi connectivity index (χ1v) is 11.3. The fourth-order valence-corrected chi connectivity index (χ4v) is 4.76. The number of hydrogen-bond donors (Lipinski definition) is 0. The van der Waals surface area contributed by atoms with Crippen LogP contribution in [0, 0.1) is 12.8 Å². The van der Waals surface area contributed by atoms with Crippen molar-refractivity contribution in [2.45, 2.75) is 78.4 Å². The molecule has 1 aliphatic carbocycles. The van der Waals surface area contributed by atoms with E-state index in [1.54, 1.807) is 11.3 Å². The van der Waals surface area contributed by atoms with Crippen LogP contribution in [-0.4, -0.2) is 28.3 Å². The Balaban J connectivity index is 1.80. The first-order chi connectivity index (χ1) is 13.5. The number of fused-ring (bicyclic) bond motifs is 1. The average Bonchev–Trinajstić information content (AvgIpc) is 3.43. The zero-order chi connectivity index (χ0) is 19.8. The molecule has 0 N–H and O–H groups in total. The quantitative estimate of drug-likeness (QED) is 0.673. The highest BCUT2D eigenvalue weighted by Crippen LogP contribution is 2.45. The summed E-state index contributed by atoms with van der Waals surface area (Å²) in [6, 6.07) is 4.39. The summed E-state index contributed by atoms with van der Waals surface area (Å²) in [6.45, 7) is 8.42. The van der Waals surface area contributed by atoms with Gasteiger partial charge in [-0.3, -0.25) is 4.79 Å². The Morgan fingerprint density at radius 2 is 2.11 bits per heavy atom. The molecule has 0 saturated heterocycles. The minimum Gasteiger partial charge on any atom is -0.490 e. The molecule has 2 heterocycles. The molecule has 1 fully saturated rings. The van der Waals surface area contributed by atoms with Crippen LogP contribution in [0.5, 0.6) is 5.75 Å². The van der Waals surface area contributed by atoms with Crippen molar-refractivity contribution in [3.63, 3.8) is 0 Å². The number of carbonyl (C=O) groups excluding carboxylic acids is 1. The van der Waals surface area contributed by atoms with Gasteiger partial charge in [-0.2, -0.15) is 0 Å². The number of rotatable bonds is 6. The first-order valence-electron chi connectivity index (χ1n) is 10.5. The lowest BCUT2D eigenvalue weighted by Crippen LogP contribution is -2.43. The molecule has 2 aromatic rings. The molecule has 2 atom stereocenters. The van der Waals surface area contributed by atoms with E-state index in [-0.39, 0.29) is 24.0 Å². The van der Waals surface area contributed by atoms with E-state index in [1.165, 1.54) is 0 Å².